The van der Waals surface area contributed by atoms with Crippen molar-refractivity contribution in [1.82, 2.24) is 4.98 Å². The van der Waals surface area contributed by atoms with Crippen molar-refractivity contribution in [1.29, 1.82) is 5.26 Å². The number of nitrogens with zero attached hydrogens (tertiary/aromatic N) is 2. The molecule has 0 saturated heterocycles. The lowest BCUT2D eigenvalue weighted by molar-refractivity contribution is 0.264. The normalized spacial score (nSPS) is 10.3. The van der Waals surface area contributed by atoms with Crippen molar-refractivity contribution in [3.8, 4) is 11.8 Å². The summed E-state index contributed by atoms with van der Waals surface area (Å²) in [5.41, 5.74) is 2.38. The highest BCUT2D eigenvalue weighted by Crippen LogP contribution is 2.20. The lowest BCUT2D eigenvalue weighted by Crippen LogP contribution is -1.99. The van der Waals surface area contributed by atoms with Crippen molar-refractivity contribution >= 4 is 17.5 Å². The predicted molar refractivity (Wildman–Crippen MR) is 95.5 cm³/mol. The van der Waals surface area contributed by atoms with E-state index in [1.165, 1.54) is 0 Å². The van der Waals surface area contributed by atoms with Crippen LogP contribution in [0.4, 0.5) is 5.88 Å². The van der Waals surface area contributed by atoms with E-state index >= 15 is 0 Å². The molecule has 1 heterocycles. The standard InChI is InChI=1S/C19H16ClN3O2/c1-13-2-8-16(9-3-13)24-12-18-23-17(10-21)19(25-18)22-11-14-4-6-15(20)7-5-14/h2-9,22H,11-12H2,1H3. The van der Waals surface area contributed by atoms with Crippen LogP contribution in [0.3, 0.4) is 0 Å². The topological polar surface area (TPSA) is 71.1 Å². The summed E-state index contributed by atoms with van der Waals surface area (Å²) in [7, 11) is 0. The van der Waals surface area contributed by atoms with Gasteiger partial charge in [-0.05, 0) is 36.8 Å². The molecule has 0 saturated carbocycles. The summed E-state index contributed by atoms with van der Waals surface area (Å²) < 4.78 is 11.2. The van der Waals surface area contributed by atoms with Crippen LogP contribution in [0.2, 0.25) is 5.02 Å². The van der Waals surface area contributed by atoms with Gasteiger partial charge in [0, 0.05) is 11.6 Å². The second-order valence-corrected chi connectivity index (χ2v) is 5.92. The molecular weight excluding hydrogens is 338 g/mol. The van der Waals surface area contributed by atoms with Crippen LogP contribution in [-0.2, 0) is 13.2 Å². The molecule has 0 radical (unpaired) electrons. The molecule has 1 N–H and O–H groups in total. The SMILES string of the molecule is Cc1ccc(OCc2nc(C#N)c(NCc3ccc(Cl)cc3)o2)cc1. The minimum absolute atomic E-state index is 0.153. The number of nitriles is 1. The third-order valence-corrected chi connectivity index (χ3v) is 3.78. The Hall–Kier alpha value is -2.97. The minimum atomic E-state index is 0.153. The zero-order chi connectivity index (χ0) is 17.6. The maximum absolute atomic E-state index is 9.21. The van der Waals surface area contributed by atoms with E-state index in [1.54, 1.807) is 0 Å². The van der Waals surface area contributed by atoms with Crippen LogP contribution in [0.25, 0.3) is 0 Å². The molecule has 3 aromatic rings. The van der Waals surface area contributed by atoms with Gasteiger partial charge < -0.3 is 14.5 Å². The molecule has 0 fully saturated rings. The van der Waals surface area contributed by atoms with Crippen LogP contribution in [0.5, 0.6) is 5.75 Å². The fourth-order valence-electron chi connectivity index (χ4n) is 2.19. The van der Waals surface area contributed by atoms with E-state index in [0.717, 1.165) is 16.9 Å². The summed E-state index contributed by atoms with van der Waals surface area (Å²) in [4.78, 5) is 4.15. The van der Waals surface area contributed by atoms with Gasteiger partial charge in [-0.2, -0.15) is 10.2 Å². The van der Waals surface area contributed by atoms with E-state index < -0.39 is 0 Å². The van der Waals surface area contributed by atoms with E-state index in [1.807, 2.05) is 61.5 Å². The summed E-state index contributed by atoms with van der Waals surface area (Å²) >= 11 is 5.87. The summed E-state index contributed by atoms with van der Waals surface area (Å²) in [5, 5.41) is 13.0. The first-order valence-corrected chi connectivity index (χ1v) is 8.09. The van der Waals surface area contributed by atoms with Gasteiger partial charge in [0.25, 0.3) is 0 Å². The average Bonchev–Trinajstić information content (AvgIpc) is 3.03. The van der Waals surface area contributed by atoms with Gasteiger partial charge in [-0.15, -0.1) is 0 Å². The van der Waals surface area contributed by atoms with E-state index in [0.29, 0.717) is 23.3 Å². The zero-order valence-corrected chi connectivity index (χ0v) is 14.4. The number of halogens is 1. The van der Waals surface area contributed by atoms with E-state index in [2.05, 4.69) is 10.3 Å². The number of hydrogen-bond donors (Lipinski definition) is 1. The number of aryl methyl sites for hydroxylation is 1. The third-order valence-electron chi connectivity index (χ3n) is 3.53. The van der Waals surface area contributed by atoms with Crippen LogP contribution >= 0.6 is 11.6 Å². The summed E-state index contributed by atoms with van der Waals surface area (Å²) in [6.45, 7) is 2.66. The molecule has 3 rings (SSSR count). The first-order chi connectivity index (χ1) is 12.1. The van der Waals surface area contributed by atoms with Crippen molar-refractivity contribution in [2.24, 2.45) is 0 Å². The highest BCUT2D eigenvalue weighted by molar-refractivity contribution is 6.30. The van der Waals surface area contributed by atoms with Crippen LogP contribution < -0.4 is 10.1 Å². The molecule has 126 valence electrons. The third kappa shape index (κ3) is 4.52. The number of hydrogen-bond acceptors (Lipinski definition) is 5. The van der Waals surface area contributed by atoms with Gasteiger partial charge in [-0.3, -0.25) is 0 Å². The van der Waals surface area contributed by atoms with Crippen molar-refractivity contribution in [3.63, 3.8) is 0 Å². The Morgan fingerprint density at radius 2 is 1.88 bits per heavy atom. The smallest absolute Gasteiger partial charge is 0.236 e. The number of aromatic nitrogens is 1. The Morgan fingerprint density at radius 1 is 1.16 bits per heavy atom. The second kappa shape index (κ2) is 7.73. The van der Waals surface area contributed by atoms with Gasteiger partial charge in [0.1, 0.15) is 11.8 Å². The molecule has 25 heavy (non-hydrogen) atoms. The van der Waals surface area contributed by atoms with E-state index in [9.17, 15) is 5.26 Å². The number of anilines is 1. The van der Waals surface area contributed by atoms with Crippen LogP contribution in [0.1, 0.15) is 22.7 Å². The molecule has 2 aromatic carbocycles. The highest BCUT2D eigenvalue weighted by atomic mass is 35.5. The lowest BCUT2D eigenvalue weighted by atomic mass is 10.2. The summed E-state index contributed by atoms with van der Waals surface area (Å²) in [6.07, 6.45) is 0. The van der Waals surface area contributed by atoms with Gasteiger partial charge in [-0.1, -0.05) is 41.4 Å². The first kappa shape index (κ1) is 16.9. The van der Waals surface area contributed by atoms with E-state index in [4.69, 9.17) is 20.8 Å². The van der Waals surface area contributed by atoms with Crippen molar-refractivity contribution < 1.29 is 9.15 Å². The highest BCUT2D eigenvalue weighted by Gasteiger charge is 2.13. The molecule has 5 nitrogen and oxygen atoms in total. The summed E-state index contributed by atoms with van der Waals surface area (Å²) in [6, 6.07) is 17.1. The Kier molecular flexibility index (Phi) is 5.22. The van der Waals surface area contributed by atoms with Crippen molar-refractivity contribution in [2.45, 2.75) is 20.1 Å². The number of oxazole rings is 1. The maximum atomic E-state index is 9.21. The number of nitrogens with one attached hydrogen (secondary N) is 1. The maximum Gasteiger partial charge on any atom is 0.236 e. The molecule has 1 aromatic heterocycles. The monoisotopic (exact) mass is 353 g/mol. The van der Waals surface area contributed by atoms with Gasteiger partial charge in [0.2, 0.25) is 17.5 Å². The predicted octanol–water partition coefficient (Wildman–Crippen LogP) is 4.70. The molecule has 0 aliphatic rings. The average molecular weight is 354 g/mol. The first-order valence-electron chi connectivity index (χ1n) is 7.71. The Morgan fingerprint density at radius 3 is 2.56 bits per heavy atom. The summed E-state index contributed by atoms with van der Waals surface area (Å²) in [5.74, 6) is 1.40. The minimum Gasteiger partial charge on any atom is -0.484 e. The van der Waals surface area contributed by atoms with Crippen LogP contribution in [-0.4, -0.2) is 4.98 Å². The Labute approximate surface area is 150 Å². The van der Waals surface area contributed by atoms with Gasteiger partial charge in [-0.25, -0.2) is 0 Å². The zero-order valence-electron chi connectivity index (χ0n) is 13.6. The Bertz CT molecular complexity index is 881. The molecule has 6 heteroatoms. The van der Waals surface area contributed by atoms with Gasteiger partial charge in [0.15, 0.2) is 6.61 Å². The van der Waals surface area contributed by atoms with Crippen LogP contribution in [0.15, 0.2) is 52.9 Å². The molecule has 0 amide bonds. The molecule has 0 atom stereocenters. The molecule has 0 spiro atoms. The second-order valence-electron chi connectivity index (χ2n) is 5.48. The van der Waals surface area contributed by atoms with Crippen molar-refractivity contribution in [3.05, 3.63) is 76.3 Å². The lowest BCUT2D eigenvalue weighted by Gasteiger charge is -2.04. The molecule has 0 aliphatic carbocycles. The number of rotatable bonds is 6. The Balaban J connectivity index is 1.63. The molecule has 0 unspecified atom stereocenters. The molecule has 0 bridgehead atoms. The van der Waals surface area contributed by atoms with Gasteiger partial charge in [0.05, 0.1) is 0 Å². The number of benzene rings is 2. The molecular formula is C19H16ClN3O2. The molecule has 0 aliphatic heterocycles. The van der Waals surface area contributed by atoms with Crippen molar-refractivity contribution in [2.75, 3.05) is 5.32 Å². The largest absolute Gasteiger partial charge is 0.484 e. The van der Waals surface area contributed by atoms with Gasteiger partial charge >= 0.3 is 0 Å². The van der Waals surface area contributed by atoms with Crippen LogP contribution in [0, 0.1) is 18.3 Å². The fourth-order valence-corrected chi connectivity index (χ4v) is 2.31. The fraction of sp³-hybridized carbons (Fsp3) is 0.158. The number of ether oxygens (including phenoxy) is 1. The quantitative estimate of drug-likeness (QED) is 0.695. The van der Waals surface area contributed by atoms with E-state index in [-0.39, 0.29) is 12.3 Å².